The van der Waals surface area contributed by atoms with Crippen molar-refractivity contribution in [3.8, 4) is 0 Å². The molecule has 0 saturated carbocycles. The number of carbonyl (C=O) groups is 1. The first-order chi connectivity index (χ1) is 13.6. The number of hydrogen-bond donors (Lipinski definition) is 1. The minimum absolute atomic E-state index is 0.271. The predicted molar refractivity (Wildman–Crippen MR) is 111 cm³/mol. The van der Waals surface area contributed by atoms with Crippen LogP contribution >= 0.6 is 0 Å². The van der Waals surface area contributed by atoms with Crippen LogP contribution in [0.4, 0.5) is 5.95 Å². The van der Waals surface area contributed by atoms with Gasteiger partial charge in [-0.1, -0.05) is 55.3 Å². The van der Waals surface area contributed by atoms with Gasteiger partial charge >= 0.3 is 5.97 Å². The highest BCUT2D eigenvalue weighted by molar-refractivity contribution is 5.94. The predicted octanol–water partition coefficient (Wildman–Crippen LogP) is 4.98. The Morgan fingerprint density at radius 3 is 2.61 bits per heavy atom. The number of para-hydroxylation sites is 2. The third-order valence-corrected chi connectivity index (χ3v) is 5.10. The summed E-state index contributed by atoms with van der Waals surface area (Å²) in [5, 5.41) is 3.42. The SMILES string of the molecule is CCCC1=C(C(=O)OCC)[C@H](c2ccc(C)cc2)n2c(nc3ccccc32)N1. The highest BCUT2D eigenvalue weighted by Gasteiger charge is 2.35. The second kappa shape index (κ2) is 7.50. The topological polar surface area (TPSA) is 56.2 Å². The normalized spacial score (nSPS) is 16.0. The Kier molecular flexibility index (Phi) is 4.90. The number of aromatic nitrogens is 2. The first-order valence-corrected chi connectivity index (χ1v) is 9.84. The van der Waals surface area contributed by atoms with Gasteiger partial charge in [0.2, 0.25) is 5.95 Å². The van der Waals surface area contributed by atoms with Crippen LogP contribution in [0.1, 0.15) is 43.9 Å². The van der Waals surface area contributed by atoms with E-state index in [1.807, 2.05) is 31.2 Å². The number of aryl methyl sites for hydroxylation is 1. The number of nitrogens with zero attached hydrogens (tertiary/aromatic N) is 2. The number of benzene rings is 2. The third kappa shape index (κ3) is 3.07. The van der Waals surface area contributed by atoms with Gasteiger partial charge in [-0.25, -0.2) is 9.78 Å². The fourth-order valence-electron chi connectivity index (χ4n) is 3.85. The molecule has 1 aromatic heterocycles. The van der Waals surface area contributed by atoms with Gasteiger partial charge in [0.25, 0.3) is 0 Å². The number of rotatable bonds is 5. The first-order valence-electron chi connectivity index (χ1n) is 9.84. The summed E-state index contributed by atoms with van der Waals surface area (Å²) in [7, 11) is 0. The highest BCUT2D eigenvalue weighted by atomic mass is 16.5. The zero-order valence-corrected chi connectivity index (χ0v) is 16.5. The first kappa shape index (κ1) is 18.3. The molecule has 0 fully saturated rings. The summed E-state index contributed by atoms with van der Waals surface area (Å²) in [5.74, 6) is 0.496. The molecule has 28 heavy (non-hydrogen) atoms. The molecule has 0 bridgehead atoms. The van der Waals surface area contributed by atoms with Crippen molar-refractivity contribution in [2.45, 2.75) is 39.7 Å². The molecule has 3 aromatic rings. The van der Waals surface area contributed by atoms with Crippen LogP contribution in [-0.2, 0) is 9.53 Å². The van der Waals surface area contributed by atoms with Crippen LogP contribution in [0.2, 0.25) is 0 Å². The average Bonchev–Trinajstić information content (AvgIpc) is 3.06. The average molecular weight is 375 g/mol. The number of fused-ring (bicyclic) bond motifs is 3. The number of imidazole rings is 1. The molecule has 0 radical (unpaired) electrons. The molecule has 144 valence electrons. The molecular weight excluding hydrogens is 350 g/mol. The third-order valence-electron chi connectivity index (χ3n) is 5.10. The van der Waals surface area contributed by atoms with E-state index in [0.717, 1.165) is 41.1 Å². The molecule has 1 N–H and O–H groups in total. The monoisotopic (exact) mass is 375 g/mol. The molecule has 4 rings (SSSR count). The quantitative estimate of drug-likeness (QED) is 0.639. The lowest BCUT2D eigenvalue weighted by molar-refractivity contribution is -0.139. The number of anilines is 1. The van der Waals surface area contributed by atoms with E-state index in [1.54, 1.807) is 0 Å². The van der Waals surface area contributed by atoms with E-state index >= 15 is 0 Å². The molecular formula is C23H25N3O2. The van der Waals surface area contributed by atoms with Gasteiger partial charge in [0.1, 0.15) is 0 Å². The molecule has 0 saturated heterocycles. The molecule has 0 spiro atoms. The van der Waals surface area contributed by atoms with Crippen molar-refractivity contribution in [2.24, 2.45) is 0 Å². The maximum atomic E-state index is 13.0. The zero-order valence-electron chi connectivity index (χ0n) is 16.5. The Bertz CT molecular complexity index is 1050. The summed E-state index contributed by atoms with van der Waals surface area (Å²) in [6, 6.07) is 16.1. The zero-order chi connectivity index (χ0) is 19.7. The van der Waals surface area contributed by atoms with Crippen molar-refractivity contribution in [3.05, 3.63) is 70.9 Å². The molecule has 2 aromatic carbocycles. The largest absolute Gasteiger partial charge is 0.463 e. The molecule has 1 aliphatic rings. The van der Waals surface area contributed by atoms with Crippen LogP contribution in [0.5, 0.6) is 0 Å². The van der Waals surface area contributed by atoms with Crippen molar-refractivity contribution in [3.63, 3.8) is 0 Å². The summed E-state index contributed by atoms with van der Waals surface area (Å²) in [6.07, 6.45) is 1.69. The van der Waals surface area contributed by atoms with Gasteiger partial charge in [0, 0.05) is 5.70 Å². The molecule has 5 nitrogen and oxygen atoms in total. The Labute approximate surface area is 165 Å². The Hall–Kier alpha value is -3.08. The second-order valence-corrected chi connectivity index (χ2v) is 7.10. The number of allylic oxidation sites excluding steroid dienone is 1. The van der Waals surface area contributed by atoms with E-state index in [4.69, 9.17) is 9.72 Å². The van der Waals surface area contributed by atoms with Crippen LogP contribution in [0, 0.1) is 6.92 Å². The highest BCUT2D eigenvalue weighted by Crippen LogP contribution is 2.40. The van der Waals surface area contributed by atoms with Crippen LogP contribution in [-0.4, -0.2) is 22.1 Å². The van der Waals surface area contributed by atoms with Crippen LogP contribution < -0.4 is 5.32 Å². The van der Waals surface area contributed by atoms with Crippen molar-refractivity contribution >= 4 is 23.0 Å². The van der Waals surface area contributed by atoms with E-state index in [2.05, 4.69) is 48.0 Å². The minimum Gasteiger partial charge on any atom is -0.463 e. The molecule has 2 heterocycles. The van der Waals surface area contributed by atoms with Crippen LogP contribution in [0.3, 0.4) is 0 Å². The second-order valence-electron chi connectivity index (χ2n) is 7.10. The maximum absolute atomic E-state index is 13.0. The van der Waals surface area contributed by atoms with Gasteiger partial charge in [-0.05, 0) is 38.0 Å². The summed E-state index contributed by atoms with van der Waals surface area (Å²) in [5.41, 5.74) is 5.70. The van der Waals surface area contributed by atoms with Crippen molar-refractivity contribution in [2.75, 3.05) is 11.9 Å². The molecule has 1 aliphatic heterocycles. The molecule has 0 amide bonds. The fraction of sp³-hybridized carbons (Fsp3) is 0.304. The lowest BCUT2D eigenvalue weighted by Crippen LogP contribution is -2.29. The van der Waals surface area contributed by atoms with Crippen molar-refractivity contribution < 1.29 is 9.53 Å². The van der Waals surface area contributed by atoms with Gasteiger partial charge < -0.3 is 10.1 Å². The Morgan fingerprint density at radius 1 is 1.14 bits per heavy atom. The number of carbonyl (C=O) groups excluding carboxylic acids is 1. The smallest absolute Gasteiger partial charge is 0.338 e. The lowest BCUT2D eigenvalue weighted by atomic mass is 9.93. The number of esters is 1. The van der Waals surface area contributed by atoms with E-state index < -0.39 is 0 Å². The summed E-state index contributed by atoms with van der Waals surface area (Å²) < 4.78 is 7.58. The summed E-state index contributed by atoms with van der Waals surface area (Å²) in [4.78, 5) is 17.8. The minimum atomic E-state index is -0.273. The Morgan fingerprint density at radius 2 is 1.89 bits per heavy atom. The lowest BCUT2D eigenvalue weighted by Gasteiger charge is -2.31. The van der Waals surface area contributed by atoms with Gasteiger partial charge in [0.05, 0.1) is 29.3 Å². The van der Waals surface area contributed by atoms with E-state index in [1.165, 1.54) is 5.56 Å². The van der Waals surface area contributed by atoms with E-state index in [0.29, 0.717) is 12.2 Å². The van der Waals surface area contributed by atoms with Crippen LogP contribution in [0.15, 0.2) is 59.8 Å². The number of nitrogens with one attached hydrogen (secondary N) is 1. The van der Waals surface area contributed by atoms with Gasteiger partial charge in [-0.2, -0.15) is 0 Å². The molecule has 0 unspecified atom stereocenters. The number of hydrogen-bond acceptors (Lipinski definition) is 4. The molecule has 5 heteroatoms. The standard InChI is InChI=1S/C23H25N3O2/c1-4-8-18-20(22(27)28-5-2)21(16-13-11-15(3)12-14-16)26-19-10-7-6-9-17(19)24-23(26)25-18/h6-7,9-14,21H,4-5,8H2,1-3H3,(H,24,25)/t21-/m0/s1. The van der Waals surface area contributed by atoms with E-state index in [9.17, 15) is 4.79 Å². The Balaban J connectivity index is 1.98. The summed E-state index contributed by atoms with van der Waals surface area (Å²) in [6.45, 7) is 6.36. The van der Waals surface area contributed by atoms with Gasteiger partial charge in [0.15, 0.2) is 0 Å². The van der Waals surface area contributed by atoms with Crippen molar-refractivity contribution in [1.82, 2.24) is 9.55 Å². The van der Waals surface area contributed by atoms with Gasteiger partial charge in [-0.15, -0.1) is 0 Å². The maximum Gasteiger partial charge on any atom is 0.338 e. The summed E-state index contributed by atoms with van der Waals surface area (Å²) >= 11 is 0. The van der Waals surface area contributed by atoms with E-state index in [-0.39, 0.29) is 12.0 Å². The molecule has 1 atom stereocenters. The van der Waals surface area contributed by atoms with Gasteiger partial charge in [-0.3, -0.25) is 4.57 Å². The van der Waals surface area contributed by atoms with Crippen molar-refractivity contribution in [1.29, 1.82) is 0 Å². The van der Waals surface area contributed by atoms with Crippen LogP contribution in [0.25, 0.3) is 11.0 Å². The fourth-order valence-corrected chi connectivity index (χ4v) is 3.85. The molecule has 0 aliphatic carbocycles. The number of ether oxygens (including phenoxy) is 1.